The van der Waals surface area contributed by atoms with Crippen LogP contribution in [0.3, 0.4) is 0 Å². The fourth-order valence-electron chi connectivity index (χ4n) is 1.33. The average molecular weight is 272 g/mol. The molecule has 7 heteroatoms. The lowest BCUT2D eigenvalue weighted by Gasteiger charge is -2.06. The maximum atomic E-state index is 11.6. The van der Waals surface area contributed by atoms with Gasteiger partial charge in [0.25, 0.3) is 5.91 Å². The van der Waals surface area contributed by atoms with Gasteiger partial charge in [-0.25, -0.2) is 13.6 Å². The number of aromatic hydroxyl groups is 1. The molecule has 0 saturated carbocycles. The fourth-order valence-corrected chi connectivity index (χ4v) is 1.87. The van der Waals surface area contributed by atoms with Gasteiger partial charge in [0.05, 0.1) is 5.75 Å². The van der Waals surface area contributed by atoms with Crippen molar-refractivity contribution < 1.29 is 18.3 Å². The Morgan fingerprint density at radius 3 is 2.67 bits per heavy atom. The number of carbonyl (C=O) groups excluding carboxylic acids is 1. The van der Waals surface area contributed by atoms with Gasteiger partial charge in [-0.15, -0.1) is 0 Å². The van der Waals surface area contributed by atoms with Crippen LogP contribution in [0, 0.1) is 6.92 Å². The van der Waals surface area contributed by atoms with Gasteiger partial charge >= 0.3 is 0 Å². The van der Waals surface area contributed by atoms with E-state index in [0.717, 1.165) is 0 Å². The van der Waals surface area contributed by atoms with Crippen molar-refractivity contribution in [2.24, 2.45) is 5.14 Å². The van der Waals surface area contributed by atoms with E-state index >= 15 is 0 Å². The molecule has 18 heavy (non-hydrogen) atoms. The Hall–Kier alpha value is -1.60. The van der Waals surface area contributed by atoms with Gasteiger partial charge in [-0.1, -0.05) is 6.07 Å². The molecule has 0 bridgehead atoms. The molecule has 0 heterocycles. The summed E-state index contributed by atoms with van der Waals surface area (Å²) >= 11 is 0. The zero-order valence-electron chi connectivity index (χ0n) is 10.0. The van der Waals surface area contributed by atoms with Crippen LogP contribution in [0.25, 0.3) is 0 Å². The third-order valence-electron chi connectivity index (χ3n) is 2.36. The SMILES string of the molecule is Cc1ccc(C(=O)NCCCS(N)(=O)=O)cc1O. The van der Waals surface area contributed by atoms with E-state index in [1.165, 1.54) is 6.07 Å². The molecule has 0 atom stereocenters. The van der Waals surface area contributed by atoms with Crippen molar-refractivity contribution in [1.29, 1.82) is 0 Å². The molecular formula is C11H16N2O4S. The number of phenolic OH excluding ortho intramolecular Hbond substituents is 1. The number of hydrogen-bond donors (Lipinski definition) is 3. The summed E-state index contributed by atoms with van der Waals surface area (Å²) in [4.78, 5) is 11.6. The van der Waals surface area contributed by atoms with Crippen molar-refractivity contribution in [2.45, 2.75) is 13.3 Å². The Morgan fingerprint density at radius 1 is 1.44 bits per heavy atom. The molecule has 0 aliphatic rings. The first kappa shape index (κ1) is 14.5. The summed E-state index contributed by atoms with van der Waals surface area (Å²) in [6.07, 6.45) is 0.252. The highest BCUT2D eigenvalue weighted by atomic mass is 32.2. The molecule has 0 radical (unpaired) electrons. The number of nitrogens with one attached hydrogen (secondary N) is 1. The van der Waals surface area contributed by atoms with Gasteiger partial charge < -0.3 is 10.4 Å². The highest BCUT2D eigenvalue weighted by Crippen LogP contribution is 2.17. The van der Waals surface area contributed by atoms with Crippen LogP contribution < -0.4 is 10.5 Å². The van der Waals surface area contributed by atoms with Crippen LogP contribution in [0.5, 0.6) is 5.75 Å². The highest BCUT2D eigenvalue weighted by Gasteiger charge is 2.08. The van der Waals surface area contributed by atoms with Crippen LogP contribution in [0.2, 0.25) is 0 Å². The second kappa shape index (κ2) is 5.83. The maximum absolute atomic E-state index is 11.6. The second-order valence-corrected chi connectivity index (χ2v) is 5.71. The molecule has 100 valence electrons. The Bertz CT molecular complexity index is 540. The third kappa shape index (κ3) is 4.72. The van der Waals surface area contributed by atoms with Crippen LogP contribution in [0.15, 0.2) is 18.2 Å². The second-order valence-electron chi connectivity index (χ2n) is 3.98. The maximum Gasteiger partial charge on any atom is 0.251 e. The monoisotopic (exact) mass is 272 g/mol. The molecule has 0 saturated heterocycles. The van der Waals surface area contributed by atoms with Crippen molar-refractivity contribution in [3.8, 4) is 5.75 Å². The number of sulfonamides is 1. The van der Waals surface area contributed by atoms with Gasteiger partial charge in [0.2, 0.25) is 10.0 Å². The van der Waals surface area contributed by atoms with Gasteiger partial charge in [0, 0.05) is 12.1 Å². The highest BCUT2D eigenvalue weighted by molar-refractivity contribution is 7.89. The van der Waals surface area contributed by atoms with Crippen molar-refractivity contribution in [3.05, 3.63) is 29.3 Å². The number of nitrogens with two attached hydrogens (primary N) is 1. The minimum absolute atomic E-state index is 0.0483. The van der Waals surface area contributed by atoms with Crippen molar-refractivity contribution in [1.82, 2.24) is 5.32 Å². The number of hydrogen-bond acceptors (Lipinski definition) is 4. The van der Waals surface area contributed by atoms with Gasteiger partial charge in [-0.05, 0) is 31.0 Å². The average Bonchev–Trinajstić information content (AvgIpc) is 2.26. The van der Waals surface area contributed by atoms with E-state index in [-0.39, 0.29) is 30.4 Å². The number of rotatable bonds is 5. The largest absolute Gasteiger partial charge is 0.508 e. The van der Waals surface area contributed by atoms with Crippen LogP contribution in [0.4, 0.5) is 0 Å². The predicted molar refractivity (Wildman–Crippen MR) is 67.8 cm³/mol. The number of aryl methyl sites for hydroxylation is 1. The summed E-state index contributed by atoms with van der Waals surface area (Å²) in [6, 6.07) is 4.59. The van der Waals surface area contributed by atoms with E-state index in [0.29, 0.717) is 11.1 Å². The van der Waals surface area contributed by atoms with Crippen molar-refractivity contribution in [2.75, 3.05) is 12.3 Å². The third-order valence-corrected chi connectivity index (χ3v) is 3.22. The fraction of sp³-hybridized carbons (Fsp3) is 0.364. The van der Waals surface area contributed by atoms with Gasteiger partial charge in [-0.2, -0.15) is 0 Å². The van der Waals surface area contributed by atoms with E-state index in [4.69, 9.17) is 5.14 Å². The Kier molecular flexibility index (Phi) is 4.69. The molecule has 0 spiro atoms. The van der Waals surface area contributed by atoms with Crippen LogP contribution in [-0.4, -0.2) is 31.7 Å². The van der Waals surface area contributed by atoms with E-state index in [1.807, 2.05) is 0 Å². The van der Waals surface area contributed by atoms with Gasteiger partial charge in [0.1, 0.15) is 5.75 Å². The number of benzene rings is 1. The molecule has 0 unspecified atom stereocenters. The summed E-state index contributed by atoms with van der Waals surface area (Å²) in [6.45, 7) is 1.94. The van der Waals surface area contributed by atoms with E-state index < -0.39 is 10.0 Å². The minimum Gasteiger partial charge on any atom is -0.508 e. The van der Waals surface area contributed by atoms with E-state index in [2.05, 4.69) is 5.32 Å². The molecule has 1 rings (SSSR count). The number of carbonyl (C=O) groups is 1. The number of phenols is 1. The van der Waals surface area contributed by atoms with Gasteiger partial charge in [0.15, 0.2) is 0 Å². The van der Waals surface area contributed by atoms with E-state index in [1.54, 1.807) is 19.1 Å². The van der Waals surface area contributed by atoms with Crippen LogP contribution >= 0.6 is 0 Å². The quantitative estimate of drug-likeness (QED) is 0.661. The first-order valence-electron chi connectivity index (χ1n) is 5.38. The first-order valence-corrected chi connectivity index (χ1v) is 7.09. The Morgan fingerprint density at radius 2 is 2.11 bits per heavy atom. The summed E-state index contributed by atoms with van der Waals surface area (Å²) in [7, 11) is -3.49. The van der Waals surface area contributed by atoms with E-state index in [9.17, 15) is 18.3 Å². The van der Waals surface area contributed by atoms with Crippen molar-refractivity contribution in [3.63, 3.8) is 0 Å². The summed E-state index contributed by atoms with van der Waals surface area (Å²) in [5.74, 6) is -0.487. The lowest BCUT2D eigenvalue weighted by Crippen LogP contribution is -2.27. The molecule has 4 N–H and O–H groups in total. The summed E-state index contributed by atoms with van der Waals surface area (Å²) in [5, 5.41) is 16.8. The van der Waals surface area contributed by atoms with Crippen LogP contribution in [-0.2, 0) is 10.0 Å². The summed E-state index contributed by atoms with van der Waals surface area (Å²) < 4.78 is 21.3. The lowest BCUT2D eigenvalue weighted by molar-refractivity contribution is 0.0953. The first-order chi connectivity index (χ1) is 8.29. The molecule has 0 fully saturated rings. The standard InChI is InChI=1S/C11H16N2O4S/c1-8-3-4-9(7-10(8)14)11(15)13-5-2-6-18(12,16)17/h3-4,7,14H,2,5-6H2,1H3,(H,13,15)(H2,12,16,17). The number of amides is 1. The smallest absolute Gasteiger partial charge is 0.251 e. The zero-order chi connectivity index (χ0) is 13.8. The molecule has 0 aromatic heterocycles. The Labute approximate surface area is 106 Å². The molecular weight excluding hydrogens is 256 g/mol. The van der Waals surface area contributed by atoms with Crippen LogP contribution in [0.1, 0.15) is 22.3 Å². The normalized spacial score (nSPS) is 11.2. The molecule has 0 aliphatic heterocycles. The lowest BCUT2D eigenvalue weighted by atomic mass is 10.1. The molecule has 1 aromatic rings. The summed E-state index contributed by atoms with van der Waals surface area (Å²) in [5.41, 5.74) is 1.01. The minimum atomic E-state index is -3.49. The van der Waals surface area contributed by atoms with Crippen molar-refractivity contribution >= 4 is 15.9 Å². The molecule has 1 aromatic carbocycles. The predicted octanol–water partition coefficient (Wildman–Crippen LogP) is 0.109. The molecule has 1 amide bonds. The zero-order valence-corrected chi connectivity index (χ0v) is 10.8. The Balaban J connectivity index is 2.48. The van der Waals surface area contributed by atoms with Gasteiger partial charge in [-0.3, -0.25) is 4.79 Å². The number of primary sulfonamides is 1. The molecule has 6 nitrogen and oxygen atoms in total. The topological polar surface area (TPSA) is 109 Å². The molecule has 0 aliphatic carbocycles.